The summed E-state index contributed by atoms with van der Waals surface area (Å²) in [4.78, 5) is 52.6. The van der Waals surface area contributed by atoms with Gasteiger partial charge in [-0.1, -0.05) is 12.1 Å². The van der Waals surface area contributed by atoms with Crippen molar-refractivity contribution in [2.45, 2.75) is 32.7 Å². The molecule has 0 spiro atoms. The number of likely N-dealkylation sites (tertiary alicyclic amines) is 1. The van der Waals surface area contributed by atoms with Gasteiger partial charge in [0, 0.05) is 13.0 Å². The summed E-state index contributed by atoms with van der Waals surface area (Å²) < 4.78 is 23.0. The summed E-state index contributed by atoms with van der Waals surface area (Å²) >= 11 is 0. The van der Waals surface area contributed by atoms with E-state index in [1.807, 2.05) is 0 Å². The van der Waals surface area contributed by atoms with Crippen LogP contribution in [0.25, 0.3) is 0 Å². The van der Waals surface area contributed by atoms with E-state index in [1.165, 1.54) is 12.1 Å². The van der Waals surface area contributed by atoms with Gasteiger partial charge >= 0.3 is 7.60 Å². The van der Waals surface area contributed by atoms with E-state index in [0.717, 1.165) is 9.80 Å². The maximum absolute atomic E-state index is 13.0. The third-order valence-electron chi connectivity index (χ3n) is 4.87. The number of imide groups is 2. The molecule has 10 heteroatoms. The molecule has 1 fully saturated rings. The summed E-state index contributed by atoms with van der Waals surface area (Å²) in [7, 11) is -3.45. The van der Waals surface area contributed by atoms with Gasteiger partial charge in [-0.05, 0) is 32.4 Å². The maximum Gasteiger partial charge on any atom is 0.332 e. The van der Waals surface area contributed by atoms with Crippen LogP contribution in [0.5, 0.6) is 0 Å². The van der Waals surface area contributed by atoms with Gasteiger partial charge in [0.15, 0.2) is 0 Å². The van der Waals surface area contributed by atoms with Gasteiger partial charge < -0.3 is 9.05 Å². The van der Waals surface area contributed by atoms with Crippen LogP contribution in [0.1, 0.15) is 47.4 Å². The van der Waals surface area contributed by atoms with E-state index in [0.29, 0.717) is 0 Å². The fourth-order valence-electron chi connectivity index (χ4n) is 3.57. The van der Waals surface area contributed by atoms with Crippen LogP contribution in [0.2, 0.25) is 0 Å². The molecule has 9 nitrogen and oxygen atoms in total. The molecule has 4 amide bonds. The molecule has 0 N–H and O–H groups in total. The Morgan fingerprint density at radius 1 is 1.00 bits per heavy atom. The average molecular weight is 422 g/mol. The number of hydrogen-bond acceptors (Lipinski definition) is 7. The summed E-state index contributed by atoms with van der Waals surface area (Å²) in [5, 5.41) is 0. The lowest BCUT2D eigenvalue weighted by Crippen LogP contribution is -2.56. The number of nitrogens with zero attached hydrogens (tertiary/aromatic N) is 2. The van der Waals surface area contributed by atoms with Crippen LogP contribution in [0.3, 0.4) is 0 Å². The summed E-state index contributed by atoms with van der Waals surface area (Å²) in [5.41, 5.74) is 0.483. The first-order valence-electron chi connectivity index (χ1n) is 9.52. The van der Waals surface area contributed by atoms with E-state index >= 15 is 0 Å². The number of fused-ring (bicyclic) bond motifs is 1. The van der Waals surface area contributed by atoms with Crippen LogP contribution in [0, 0.1) is 0 Å². The quantitative estimate of drug-likeness (QED) is 0.466. The summed E-state index contributed by atoms with van der Waals surface area (Å²) in [5.74, 6) is -2.20. The van der Waals surface area contributed by atoms with Gasteiger partial charge in [-0.3, -0.25) is 33.5 Å². The summed E-state index contributed by atoms with van der Waals surface area (Å²) in [6.45, 7) is 3.49. The molecule has 1 atom stereocenters. The minimum absolute atomic E-state index is 0.00260. The molecule has 0 aliphatic carbocycles. The summed E-state index contributed by atoms with van der Waals surface area (Å²) in [6, 6.07) is 5.29. The van der Waals surface area contributed by atoms with Crippen LogP contribution >= 0.6 is 7.60 Å². The SMILES string of the molecule is CCOP(=O)(CCN1C(=O)CCC(N2C(=O)c3ccccc3C2=O)C1=O)OCC. The second-order valence-corrected chi connectivity index (χ2v) is 8.82. The van der Waals surface area contributed by atoms with Crippen molar-refractivity contribution in [2.75, 3.05) is 25.9 Å². The van der Waals surface area contributed by atoms with Gasteiger partial charge in [-0.25, -0.2) is 0 Å². The fourth-order valence-corrected chi connectivity index (χ4v) is 5.13. The first kappa shape index (κ1) is 21.4. The highest BCUT2D eigenvalue weighted by atomic mass is 31.2. The molecule has 1 saturated heterocycles. The second kappa shape index (κ2) is 8.57. The molecular formula is C19H23N2O7P. The van der Waals surface area contributed by atoms with E-state index in [4.69, 9.17) is 9.05 Å². The fraction of sp³-hybridized carbons (Fsp3) is 0.474. The van der Waals surface area contributed by atoms with Crippen molar-refractivity contribution in [1.82, 2.24) is 9.80 Å². The van der Waals surface area contributed by atoms with Crippen molar-refractivity contribution >= 4 is 31.2 Å². The molecule has 3 rings (SSSR count). The Balaban J connectivity index is 1.78. The molecule has 2 heterocycles. The van der Waals surface area contributed by atoms with Crippen LogP contribution in [0.15, 0.2) is 24.3 Å². The number of carbonyl (C=O) groups excluding carboxylic acids is 4. The molecule has 0 saturated carbocycles. The standard InChI is InChI=1S/C19H23N2O7P/c1-3-27-29(26,28-4-2)12-11-20-16(22)10-9-15(19(20)25)21-17(23)13-7-5-6-8-14(13)18(21)24/h5-8,15H,3-4,9-12H2,1-2H3. The molecule has 0 aromatic heterocycles. The molecule has 2 aliphatic rings. The van der Waals surface area contributed by atoms with Gasteiger partial charge in [0.25, 0.3) is 17.7 Å². The highest BCUT2D eigenvalue weighted by Gasteiger charge is 2.47. The molecule has 1 aromatic rings. The third kappa shape index (κ3) is 4.03. The van der Waals surface area contributed by atoms with Gasteiger partial charge in [0.1, 0.15) is 6.04 Å². The summed E-state index contributed by atoms with van der Waals surface area (Å²) in [6.07, 6.45) is -0.0907. The zero-order chi connectivity index (χ0) is 21.2. The normalized spacial score (nSPS) is 19.9. The van der Waals surface area contributed by atoms with E-state index in [2.05, 4.69) is 0 Å². The lowest BCUT2D eigenvalue weighted by Gasteiger charge is -2.34. The molecule has 0 bridgehead atoms. The highest BCUT2D eigenvalue weighted by Crippen LogP contribution is 2.47. The Morgan fingerprint density at radius 3 is 2.07 bits per heavy atom. The largest absolute Gasteiger partial charge is 0.332 e. The topological polar surface area (TPSA) is 110 Å². The Kier molecular flexibility index (Phi) is 6.31. The predicted octanol–water partition coefficient (Wildman–Crippen LogP) is 2.07. The smallest absolute Gasteiger partial charge is 0.309 e. The monoisotopic (exact) mass is 422 g/mol. The number of benzene rings is 1. The van der Waals surface area contributed by atoms with Crippen LogP contribution in [-0.4, -0.2) is 65.4 Å². The van der Waals surface area contributed by atoms with E-state index in [9.17, 15) is 23.7 Å². The minimum Gasteiger partial charge on any atom is -0.309 e. The minimum atomic E-state index is -3.45. The average Bonchev–Trinajstić information content (AvgIpc) is 2.93. The van der Waals surface area contributed by atoms with Crippen molar-refractivity contribution in [3.05, 3.63) is 35.4 Å². The Bertz CT molecular complexity index is 855. The third-order valence-corrected chi connectivity index (χ3v) is 6.92. The number of carbonyl (C=O) groups is 4. The second-order valence-electron chi connectivity index (χ2n) is 6.63. The Morgan fingerprint density at radius 2 is 1.55 bits per heavy atom. The van der Waals surface area contributed by atoms with Crippen molar-refractivity contribution in [1.29, 1.82) is 0 Å². The van der Waals surface area contributed by atoms with Crippen LogP contribution < -0.4 is 0 Å². The van der Waals surface area contributed by atoms with Crippen molar-refractivity contribution in [2.24, 2.45) is 0 Å². The number of amides is 4. The van der Waals surface area contributed by atoms with E-state index < -0.39 is 37.3 Å². The van der Waals surface area contributed by atoms with E-state index in [1.54, 1.807) is 26.0 Å². The molecule has 29 heavy (non-hydrogen) atoms. The van der Waals surface area contributed by atoms with Crippen molar-refractivity contribution in [3.63, 3.8) is 0 Å². The Hall–Kier alpha value is -2.35. The predicted molar refractivity (Wildman–Crippen MR) is 102 cm³/mol. The lowest BCUT2D eigenvalue weighted by molar-refractivity contribution is -0.151. The maximum atomic E-state index is 13.0. The molecule has 2 aliphatic heterocycles. The van der Waals surface area contributed by atoms with Crippen LogP contribution in [-0.2, 0) is 23.2 Å². The zero-order valence-corrected chi connectivity index (χ0v) is 17.2. The molecular weight excluding hydrogens is 399 g/mol. The van der Waals surface area contributed by atoms with Crippen molar-refractivity contribution < 1.29 is 32.8 Å². The number of rotatable bonds is 8. The van der Waals surface area contributed by atoms with Gasteiger partial charge in [0.05, 0.1) is 30.5 Å². The molecule has 1 aromatic carbocycles. The van der Waals surface area contributed by atoms with Gasteiger partial charge in [-0.15, -0.1) is 0 Å². The first-order chi connectivity index (χ1) is 13.8. The van der Waals surface area contributed by atoms with Gasteiger partial charge in [0.2, 0.25) is 5.91 Å². The van der Waals surface area contributed by atoms with Crippen LogP contribution in [0.4, 0.5) is 0 Å². The lowest BCUT2D eigenvalue weighted by atomic mass is 10.0. The van der Waals surface area contributed by atoms with Crippen molar-refractivity contribution in [3.8, 4) is 0 Å². The molecule has 0 radical (unpaired) electrons. The number of piperidine rings is 1. The first-order valence-corrected chi connectivity index (χ1v) is 11.2. The molecule has 1 unspecified atom stereocenters. The number of hydrogen-bond donors (Lipinski definition) is 0. The highest BCUT2D eigenvalue weighted by molar-refractivity contribution is 7.53. The molecule has 156 valence electrons. The van der Waals surface area contributed by atoms with Gasteiger partial charge in [-0.2, -0.15) is 0 Å². The van der Waals surface area contributed by atoms with E-state index in [-0.39, 0.29) is 49.9 Å². The Labute approximate surface area is 168 Å². The zero-order valence-electron chi connectivity index (χ0n) is 16.3.